The number of esters is 1. The highest BCUT2D eigenvalue weighted by molar-refractivity contribution is 8.14. The number of rotatable bonds is 5. The van der Waals surface area contributed by atoms with Gasteiger partial charge >= 0.3 is 5.97 Å². The Labute approximate surface area is 122 Å². The van der Waals surface area contributed by atoms with E-state index < -0.39 is 0 Å². The highest BCUT2D eigenvalue weighted by Gasteiger charge is 2.12. The van der Waals surface area contributed by atoms with E-state index in [0.717, 1.165) is 24.1 Å². The van der Waals surface area contributed by atoms with Crippen LogP contribution in [0.4, 0.5) is 0 Å². The van der Waals surface area contributed by atoms with Crippen molar-refractivity contribution in [1.29, 1.82) is 0 Å². The summed E-state index contributed by atoms with van der Waals surface area (Å²) in [6.07, 6.45) is 1.89. The molecule has 0 fully saturated rings. The lowest BCUT2D eigenvalue weighted by Gasteiger charge is -2.09. The van der Waals surface area contributed by atoms with Crippen LogP contribution in [0, 0.1) is 0 Å². The van der Waals surface area contributed by atoms with Gasteiger partial charge in [0.25, 0.3) is 0 Å². The number of carbonyl (C=O) groups is 1. The molecule has 0 amide bonds. The van der Waals surface area contributed by atoms with Gasteiger partial charge in [0, 0.05) is 5.75 Å². The first kappa shape index (κ1) is 14.6. The first-order chi connectivity index (χ1) is 9.70. The molecular weight excluding hydrogens is 274 g/mol. The molecule has 1 heterocycles. The molecule has 106 valence electrons. The number of amidine groups is 1. The Bertz CT molecular complexity index is 538. The van der Waals surface area contributed by atoms with Crippen LogP contribution in [0.15, 0.2) is 34.5 Å². The summed E-state index contributed by atoms with van der Waals surface area (Å²) in [4.78, 5) is 11.8. The lowest BCUT2D eigenvalue weighted by atomic mass is 10.1. The Morgan fingerprint density at radius 2 is 2.10 bits per heavy atom. The highest BCUT2D eigenvalue weighted by atomic mass is 32.2. The molecule has 0 bridgehead atoms. The van der Waals surface area contributed by atoms with E-state index in [4.69, 9.17) is 10.5 Å². The number of carbonyl (C=O) groups excluding carboxylic acids is 1. The second kappa shape index (κ2) is 7.09. The number of hydrogen-bond donors (Lipinski definition) is 1. The molecule has 0 aromatic heterocycles. The molecule has 0 aliphatic carbocycles. The smallest absolute Gasteiger partial charge is 0.338 e. The van der Waals surface area contributed by atoms with Crippen LogP contribution >= 0.6 is 11.8 Å². The molecule has 20 heavy (non-hydrogen) atoms. The Balaban J connectivity index is 2.01. The van der Waals surface area contributed by atoms with Crippen LogP contribution in [0.2, 0.25) is 0 Å². The summed E-state index contributed by atoms with van der Waals surface area (Å²) in [5.41, 5.74) is 7.89. The molecular formula is C14H17N3O2S. The average molecular weight is 291 g/mol. The number of nitrogens with zero attached hydrogens (tertiary/aromatic N) is 2. The molecule has 5 nitrogen and oxygen atoms in total. The van der Waals surface area contributed by atoms with Crippen LogP contribution in [0.5, 0.6) is 0 Å². The predicted molar refractivity (Wildman–Crippen MR) is 82.2 cm³/mol. The maximum absolute atomic E-state index is 11.8. The lowest BCUT2D eigenvalue weighted by Crippen LogP contribution is -2.16. The maximum atomic E-state index is 11.8. The second-order valence-corrected chi connectivity index (χ2v) is 5.34. The molecule has 1 aromatic carbocycles. The van der Waals surface area contributed by atoms with Gasteiger partial charge in [-0.25, -0.2) is 4.79 Å². The fraction of sp³-hybridized carbons (Fsp3) is 0.357. The minimum atomic E-state index is -0.285. The van der Waals surface area contributed by atoms with E-state index >= 15 is 0 Å². The number of unbranched alkanes of at least 4 members (excludes halogenated alkanes) is 1. The molecule has 2 rings (SSSR count). The minimum Gasteiger partial charge on any atom is -0.462 e. The number of ether oxygens (including phenoxy) is 1. The van der Waals surface area contributed by atoms with Gasteiger partial charge in [0.05, 0.1) is 17.9 Å². The van der Waals surface area contributed by atoms with Crippen molar-refractivity contribution in [3.05, 3.63) is 35.4 Å². The minimum absolute atomic E-state index is 0.285. The van der Waals surface area contributed by atoms with Crippen LogP contribution in [-0.2, 0) is 4.74 Å². The quantitative estimate of drug-likeness (QED) is 0.667. The Morgan fingerprint density at radius 3 is 2.70 bits per heavy atom. The molecule has 1 aromatic rings. The Hall–Kier alpha value is -1.82. The van der Waals surface area contributed by atoms with E-state index in [-0.39, 0.29) is 5.97 Å². The average Bonchev–Trinajstić information content (AvgIpc) is 2.48. The molecule has 0 spiro atoms. The fourth-order valence-corrected chi connectivity index (χ4v) is 2.25. The predicted octanol–water partition coefficient (Wildman–Crippen LogP) is 2.41. The largest absolute Gasteiger partial charge is 0.462 e. The zero-order valence-corrected chi connectivity index (χ0v) is 12.2. The SMILES string of the molecule is CCCCOC(=O)c1ccc(C2=NN=C(N)SC2)cc1. The van der Waals surface area contributed by atoms with Crippen molar-refractivity contribution in [2.24, 2.45) is 15.9 Å². The number of nitrogens with two attached hydrogens (primary N) is 1. The van der Waals surface area contributed by atoms with Gasteiger partial charge in [-0.2, -0.15) is 5.10 Å². The number of hydrogen-bond acceptors (Lipinski definition) is 6. The normalized spacial score (nSPS) is 14.4. The summed E-state index contributed by atoms with van der Waals surface area (Å²) >= 11 is 1.45. The summed E-state index contributed by atoms with van der Waals surface area (Å²) in [6.45, 7) is 2.52. The van der Waals surface area contributed by atoms with E-state index in [9.17, 15) is 4.79 Å². The van der Waals surface area contributed by atoms with E-state index in [1.54, 1.807) is 12.1 Å². The second-order valence-electron chi connectivity index (χ2n) is 4.34. The van der Waals surface area contributed by atoms with Crippen LogP contribution in [0.3, 0.4) is 0 Å². The van der Waals surface area contributed by atoms with Crippen LogP contribution in [0.25, 0.3) is 0 Å². The van der Waals surface area contributed by atoms with Crippen molar-refractivity contribution < 1.29 is 9.53 Å². The standard InChI is InChI=1S/C14H17N3O2S/c1-2-3-8-19-13(18)11-6-4-10(5-7-11)12-9-20-14(15)17-16-12/h4-7H,2-3,8-9H2,1H3,(H2,15,17). The van der Waals surface area contributed by atoms with Gasteiger partial charge in [0.15, 0.2) is 5.17 Å². The van der Waals surface area contributed by atoms with Crippen molar-refractivity contribution in [3.63, 3.8) is 0 Å². The lowest BCUT2D eigenvalue weighted by molar-refractivity contribution is 0.0500. The van der Waals surface area contributed by atoms with Gasteiger partial charge in [-0.15, -0.1) is 5.10 Å². The van der Waals surface area contributed by atoms with Crippen molar-refractivity contribution in [3.8, 4) is 0 Å². The molecule has 2 N–H and O–H groups in total. The molecule has 0 saturated heterocycles. The Kier molecular flexibility index (Phi) is 5.17. The number of benzene rings is 1. The highest BCUT2D eigenvalue weighted by Crippen LogP contribution is 2.14. The van der Waals surface area contributed by atoms with Gasteiger partial charge in [0.2, 0.25) is 0 Å². The summed E-state index contributed by atoms with van der Waals surface area (Å²) in [5.74, 6) is 0.405. The van der Waals surface area contributed by atoms with Crippen LogP contribution in [0.1, 0.15) is 35.7 Å². The molecule has 0 atom stereocenters. The fourth-order valence-electron chi connectivity index (χ4n) is 1.64. The summed E-state index contributed by atoms with van der Waals surface area (Å²) in [7, 11) is 0. The molecule has 6 heteroatoms. The number of thioether (sulfide) groups is 1. The first-order valence-corrected chi connectivity index (χ1v) is 7.49. The zero-order valence-electron chi connectivity index (χ0n) is 11.3. The third-order valence-corrected chi connectivity index (χ3v) is 3.61. The summed E-state index contributed by atoms with van der Waals surface area (Å²) in [5, 5.41) is 8.38. The van der Waals surface area contributed by atoms with Gasteiger partial charge < -0.3 is 10.5 Å². The van der Waals surface area contributed by atoms with E-state index in [1.807, 2.05) is 12.1 Å². The Morgan fingerprint density at radius 1 is 1.35 bits per heavy atom. The van der Waals surface area contributed by atoms with E-state index in [2.05, 4.69) is 17.1 Å². The summed E-state index contributed by atoms with van der Waals surface area (Å²) < 4.78 is 5.16. The first-order valence-electron chi connectivity index (χ1n) is 6.51. The van der Waals surface area contributed by atoms with E-state index in [0.29, 0.717) is 23.1 Å². The molecule has 0 saturated carbocycles. The topological polar surface area (TPSA) is 77.0 Å². The zero-order chi connectivity index (χ0) is 14.4. The van der Waals surface area contributed by atoms with Crippen molar-refractivity contribution in [2.75, 3.05) is 12.4 Å². The van der Waals surface area contributed by atoms with Crippen molar-refractivity contribution >= 4 is 28.6 Å². The van der Waals surface area contributed by atoms with Crippen molar-refractivity contribution in [1.82, 2.24) is 0 Å². The molecule has 1 aliphatic heterocycles. The van der Waals surface area contributed by atoms with Crippen LogP contribution < -0.4 is 5.73 Å². The molecule has 1 aliphatic rings. The van der Waals surface area contributed by atoms with Gasteiger partial charge in [0.1, 0.15) is 0 Å². The van der Waals surface area contributed by atoms with Crippen molar-refractivity contribution in [2.45, 2.75) is 19.8 Å². The van der Waals surface area contributed by atoms with Gasteiger partial charge in [-0.3, -0.25) is 0 Å². The van der Waals surface area contributed by atoms with Crippen LogP contribution in [-0.4, -0.2) is 29.2 Å². The maximum Gasteiger partial charge on any atom is 0.338 e. The molecule has 0 unspecified atom stereocenters. The third kappa shape index (κ3) is 3.84. The van der Waals surface area contributed by atoms with E-state index in [1.165, 1.54) is 11.8 Å². The monoisotopic (exact) mass is 291 g/mol. The van der Waals surface area contributed by atoms with Gasteiger partial charge in [-0.05, 0) is 24.1 Å². The van der Waals surface area contributed by atoms with Gasteiger partial charge in [-0.1, -0.05) is 37.2 Å². The summed E-state index contributed by atoms with van der Waals surface area (Å²) in [6, 6.07) is 7.20. The third-order valence-electron chi connectivity index (χ3n) is 2.81. The molecule has 0 radical (unpaired) electrons.